The van der Waals surface area contributed by atoms with Gasteiger partial charge >= 0.3 is 0 Å². The van der Waals surface area contributed by atoms with Crippen molar-refractivity contribution in [3.63, 3.8) is 0 Å². The number of amides is 1. The van der Waals surface area contributed by atoms with E-state index in [2.05, 4.69) is 15.5 Å². The van der Waals surface area contributed by atoms with Crippen LogP contribution in [0.1, 0.15) is 25.6 Å². The molecule has 1 aromatic carbocycles. The van der Waals surface area contributed by atoms with E-state index in [4.69, 9.17) is 16.3 Å². The van der Waals surface area contributed by atoms with Crippen LogP contribution in [0.2, 0.25) is 5.02 Å². The number of hydrogen-bond acceptors (Lipinski definition) is 5. The SMILES string of the molecule is C[C@H](Sc1nnc(COc2ccc(Cl)cc2)n1C)C(=O)NC1CC1. The number of carbonyl (C=O) groups excluding carboxylic acids is 1. The van der Waals surface area contributed by atoms with Crippen LogP contribution in [0.5, 0.6) is 5.75 Å². The molecule has 3 rings (SSSR count). The van der Waals surface area contributed by atoms with Crippen molar-refractivity contribution >= 4 is 29.3 Å². The van der Waals surface area contributed by atoms with Crippen LogP contribution in [-0.2, 0) is 18.4 Å². The minimum atomic E-state index is -0.210. The van der Waals surface area contributed by atoms with E-state index < -0.39 is 0 Å². The summed E-state index contributed by atoms with van der Waals surface area (Å²) in [6.07, 6.45) is 2.17. The van der Waals surface area contributed by atoms with E-state index in [-0.39, 0.29) is 11.2 Å². The van der Waals surface area contributed by atoms with Gasteiger partial charge in [-0.05, 0) is 44.0 Å². The number of nitrogens with zero attached hydrogens (tertiary/aromatic N) is 3. The molecule has 2 aromatic rings. The minimum Gasteiger partial charge on any atom is -0.486 e. The fourth-order valence-corrected chi connectivity index (χ4v) is 2.98. The molecule has 1 heterocycles. The van der Waals surface area contributed by atoms with Crippen LogP contribution in [0.3, 0.4) is 0 Å². The zero-order valence-corrected chi connectivity index (χ0v) is 15.1. The molecule has 0 spiro atoms. The van der Waals surface area contributed by atoms with Gasteiger partial charge in [-0.3, -0.25) is 4.79 Å². The molecule has 0 saturated heterocycles. The molecule has 1 atom stereocenters. The predicted molar refractivity (Wildman–Crippen MR) is 93.3 cm³/mol. The van der Waals surface area contributed by atoms with E-state index in [0.29, 0.717) is 34.4 Å². The van der Waals surface area contributed by atoms with Gasteiger partial charge in [-0.25, -0.2) is 0 Å². The molecule has 6 nitrogen and oxygen atoms in total. The smallest absolute Gasteiger partial charge is 0.233 e. The quantitative estimate of drug-likeness (QED) is 0.763. The summed E-state index contributed by atoms with van der Waals surface area (Å²) < 4.78 is 7.53. The predicted octanol–water partition coefficient (Wildman–Crippen LogP) is 2.81. The first-order chi connectivity index (χ1) is 11.5. The topological polar surface area (TPSA) is 69.0 Å². The number of carbonyl (C=O) groups is 1. The lowest BCUT2D eigenvalue weighted by Crippen LogP contribution is -2.32. The molecule has 0 bridgehead atoms. The lowest BCUT2D eigenvalue weighted by atomic mass is 10.3. The number of hydrogen-bond donors (Lipinski definition) is 1. The summed E-state index contributed by atoms with van der Waals surface area (Å²) in [5, 5.41) is 12.4. The molecular weight excluding hydrogens is 348 g/mol. The summed E-state index contributed by atoms with van der Waals surface area (Å²) in [6.45, 7) is 2.18. The summed E-state index contributed by atoms with van der Waals surface area (Å²) in [5.41, 5.74) is 0. The van der Waals surface area contributed by atoms with Crippen molar-refractivity contribution in [1.29, 1.82) is 0 Å². The Morgan fingerprint density at radius 3 is 2.79 bits per heavy atom. The van der Waals surface area contributed by atoms with Crippen LogP contribution in [0, 0.1) is 0 Å². The van der Waals surface area contributed by atoms with Gasteiger partial charge in [-0.15, -0.1) is 10.2 Å². The number of rotatable bonds is 7. The fraction of sp³-hybridized carbons (Fsp3) is 0.438. The maximum absolute atomic E-state index is 12.0. The maximum Gasteiger partial charge on any atom is 0.233 e. The van der Waals surface area contributed by atoms with E-state index >= 15 is 0 Å². The first-order valence-electron chi connectivity index (χ1n) is 7.76. The Bertz CT molecular complexity index is 715. The molecule has 0 aliphatic heterocycles. The summed E-state index contributed by atoms with van der Waals surface area (Å²) in [6, 6.07) is 7.52. The highest BCUT2D eigenvalue weighted by atomic mass is 35.5. The Morgan fingerprint density at radius 2 is 2.12 bits per heavy atom. The summed E-state index contributed by atoms with van der Waals surface area (Å²) in [7, 11) is 1.87. The largest absolute Gasteiger partial charge is 0.486 e. The average molecular weight is 367 g/mol. The van der Waals surface area contributed by atoms with Crippen LogP contribution >= 0.6 is 23.4 Å². The van der Waals surface area contributed by atoms with Crippen molar-refractivity contribution in [1.82, 2.24) is 20.1 Å². The summed E-state index contributed by atoms with van der Waals surface area (Å²) >= 11 is 7.25. The van der Waals surface area contributed by atoms with Crippen LogP contribution in [0.25, 0.3) is 0 Å². The molecule has 1 aromatic heterocycles. The summed E-state index contributed by atoms with van der Waals surface area (Å²) in [5.74, 6) is 1.46. The van der Waals surface area contributed by atoms with Crippen molar-refractivity contribution in [2.45, 2.75) is 42.8 Å². The second-order valence-corrected chi connectivity index (χ2v) is 7.49. The van der Waals surface area contributed by atoms with E-state index in [9.17, 15) is 4.79 Å². The van der Waals surface area contributed by atoms with Crippen LogP contribution < -0.4 is 10.1 Å². The van der Waals surface area contributed by atoms with E-state index in [1.807, 2.05) is 18.5 Å². The Hall–Kier alpha value is -1.73. The van der Waals surface area contributed by atoms with Gasteiger partial charge in [0.05, 0.1) is 5.25 Å². The van der Waals surface area contributed by atoms with Gasteiger partial charge in [0, 0.05) is 18.1 Å². The van der Waals surface area contributed by atoms with Crippen LogP contribution in [-0.4, -0.2) is 32.0 Å². The standard InChI is InChI=1S/C16H19ClN4O2S/c1-10(15(22)18-12-5-6-12)24-16-20-19-14(21(16)2)9-23-13-7-3-11(17)4-8-13/h3-4,7-8,10,12H,5-6,9H2,1-2H3,(H,18,22)/t10-/m0/s1. The third-order valence-electron chi connectivity index (χ3n) is 3.68. The number of halogens is 1. The molecule has 1 N–H and O–H groups in total. The number of benzene rings is 1. The monoisotopic (exact) mass is 366 g/mol. The van der Waals surface area contributed by atoms with Crippen LogP contribution in [0.4, 0.5) is 0 Å². The molecular formula is C16H19ClN4O2S. The lowest BCUT2D eigenvalue weighted by molar-refractivity contribution is -0.120. The van der Waals surface area contributed by atoms with Crippen molar-refractivity contribution in [2.75, 3.05) is 0 Å². The molecule has 1 amide bonds. The summed E-state index contributed by atoms with van der Waals surface area (Å²) in [4.78, 5) is 12.0. The molecule has 1 aliphatic rings. The molecule has 1 aliphatic carbocycles. The first kappa shape index (κ1) is 17.1. The van der Waals surface area contributed by atoms with Gasteiger partial charge < -0.3 is 14.6 Å². The van der Waals surface area contributed by atoms with Crippen molar-refractivity contribution in [3.05, 3.63) is 35.1 Å². The molecule has 128 valence electrons. The Labute approximate surface area is 149 Å². The van der Waals surface area contributed by atoms with Gasteiger partial charge in [0.15, 0.2) is 11.0 Å². The molecule has 0 unspecified atom stereocenters. The van der Waals surface area contributed by atoms with Gasteiger partial charge in [0.1, 0.15) is 12.4 Å². The number of thioether (sulfide) groups is 1. The van der Waals surface area contributed by atoms with Gasteiger partial charge in [-0.2, -0.15) is 0 Å². The third-order valence-corrected chi connectivity index (χ3v) is 5.07. The number of aromatic nitrogens is 3. The van der Waals surface area contributed by atoms with Gasteiger partial charge in [0.2, 0.25) is 5.91 Å². The van der Waals surface area contributed by atoms with Gasteiger partial charge in [-0.1, -0.05) is 23.4 Å². The highest BCUT2D eigenvalue weighted by molar-refractivity contribution is 8.00. The van der Waals surface area contributed by atoms with Gasteiger partial charge in [0.25, 0.3) is 0 Å². The van der Waals surface area contributed by atoms with Crippen molar-refractivity contribution in [3.8, 4) is 5.75 Å². The minimum absolute atomic E-state index is 0.0458. The number of nitrogens with one attached hydrogen (secondary N) is 1. The Morgan fingerprint density at radius 1 is 1.42 bits per heavy atom. The van der Waals surface area contributed by atoms with Crippen molar-refractivity contribution < 1.29 is 9.53 Å². The highest BCUT2D eigenvalue weighted by Crippen LogP contribution is 2.24. The molecule has 0 radical (unpaired) electrons. The lowest BCUT2D eigenvalue weighted by Gasteiger charge is -2.11. The van der Waals surface area contributed by atoms with E-state index in [1.165, 1.54) is 11.8 Å². The zero-order valence-electron chi connectivity index (χ0n) is 13.5. The third kappa shape index (κ3) is 4.42. The van der Waals surface area contributed by atoms with Crippen molar-refractivity contribution in [2.24, 2.45) is 7.05 Å². The first-order valence-corrected chi connectivity index (χ1v) is 9.02. The molecule has 24 heavy (non-hydrogen) atoms. The molecule has 8 heteroatoms. The van der Waals surface area contributed by atoms with E-state index in [0.717, 1.165) is 12.8 Å². The Balaban J connectivity index is 1.56. The second-order valence-electron chi connectivity index (χ2n) is 5.74. The molecule has 1 saturated carbocycles. The Kier molecular flexibility index (Phi) is 5.30. The number of ether oxygens (including phenoxy) is 1. The maximum atomic E-state index is 12.0. The highest BCUT2D eigenvalue weighted by Gasteiger charge is 2.27. The zero-order chi connectivity index (χ0) is 17.1. The average Bonchev–Trinajstić information content (AvgIpc) is 3.32. The second kappa shape index (κ2) is 7.44. The normalized spacial score (nSPS) is 15.1. The van der Waals surface area contributed by atoms with E-state index in [1.54, 1.807) is 24.3 Å². The fourth-order valence-electron chi connectivity index (χ4n) is 2.01. The van der Waals surface area contributed by atoms with Crippen LogP contribution in [0.15, 0.2) is 29.4 Å². The molecule has 1 fully saturated rings.